The van der Waals surface area contributed by atoms with E-state index in [1.807, 2.05) is 20.8 Å². The van der Waals surface area contributed by atoms with Crippen molar-refractivity contribution in [2.45, 2.75) is 52.0 Å². The molecule has 2 aromatic rings. The van der Waals surface area contributed by atoms with E-state index < -0.39 is 11.6 Å². The van der Waals surface area contributed by atoms with Gasteiger partial charge >= 0.3 is 0 Å². The highest BCUT2D eigenvalue weighted by atomic mass is 19.1. The van der Waals surface area contributed by atoms with Gasteiger partial charge in [0, 0.05) is 30.9 Å². The molecular formula is C17H21F2N3O2. The number of halogens is 2. The third-order valence-electron chi connectivity index (χ3n) is 3.35. The van der Waals surface area contributed by atoms with Crippen LogP contribution in [-0.4, -0.2) is 16.0 Å². The summed E-state index contributed by atoms with van der Waals surface area (Å²) in [7, 11) is 0. The molecule has 0 unspecified atom stereocenters. The highest BCUT2D eigenvalue weighted by Gasteiger charge is 2.20. The van der Waals surface area contributed by atoms with Crippen LogP contribution in [0.25, 0.3) is 0 Å². The van der Waals surface area contributed by atoms with Gasteiger partial charge in [-0.25, -0.2) is 8.78 Å². The SMILES string of the molecule is CC(C)(C)c1noc(CCCC(=O)NCc2cc(F)cc(F)c2)n1. The van der Waals surface area contributed by atoms with Crippen LogP contribution in [0, 0.1) is 11.6 Å². The molecule has 0 fully saturated rings. The van der Waals surface area contributed by atoms with Gasteiger partial charge < -0.3 is 9.84 Å². The molecule has 1 heterocycles. The average molecular weight is 337 g/mol. The van der Waals surface area contributed by atoms with Crippen molar-refractivity contribution in [3.63, 3.8) is 0 Å². The van der Waals surface area contributed by atoms with E-state index in [4.69, 9.17) is 4.52 Å². The van der Waals surface area contributed by atoms with Crippen molar-refractivity contribution in [2.24, 2.45) is 0 Å². The normalized spacial score (nSPS) is 11.5. The van der Waals surface area contributed by atoms with Crippen molar-refractivity contribution >= 4 is 5.91 Å². The second-order valence-electron chi connectivity index (χ2n) is 6.67. The van der Waals surface area contributed by atoms with Crippen molar-refractivity contribution < 1.29 is 18.1 Å². The lowest BCUT2D eigenvalue weighted by Crippen LogP contribution is -2.22. The first-order valence-corrected chi connectivity index (χ1v) is 7.79. The average Bonchev–Trinajstić information content (AvgIpc) is 2.93. The summed E-state index contributed by atoms with van der Waals surface area (Å²) in [4.78, 5) is 16.1. The topological polar surface area (TPSA) is 68.0 Å². The molecule has 0 atom stereocenters. The van der Waals surface area contributed by atoms with Crippen molar-refractivity contribution in [3.8, 4) is 0 Å². The molecular weight excluding hydrogens is 316 g/mol. The number of aromatic nitrogens is 2. The Morgan fingerprint density at radius 3 is 2.46 bits per heavy atom. The number of aryl methyl sites for hydroxylation is 1. The Hall–Kier alpha value is -2.31. The third-order valence-corrected chi connectivity index (χ3v) is 3.35. The minimum atomic E-state index is -0.662. The van der Waals surface area contributed by atoms with Gasteiger partial charge in [0.25, 0.3) is 0 Å². The highest BCUT2D eigenvalue weighted by Crippen LogP contribution is 2.18. The predicted octanol–water partition coefficient (Wildman–Crippen LogP) is 3.28. The Morgan fingerprint density at radius 1 is 1.21 bits per heavy atom. The number of rotatable bonds is 6. The smallest absolute Gasteiger partial charge is 0.226 e. The fraction of sp³-hybridized carbons (Fsp3) is 0.471. The maximum atomic E-state index is 13.1. The van der Waals surface area contributed by atoms with E-state index in [1.54, 1.807) is 0 Å². The molecule has 0 spiro atoms. The van der Waals surface area contributed by atoms with E-state index in [2.05, 4.69) is 15.5 Å². The van der Waals surface area contributed by atoms with Crippen molar-refractivity contribution in [2.75, 3.05) is 0 Å². The number of carbonyl (C=O) groups excluding carboxylic acids is 1. The zero-order valence-electron chi connectivity index (χ0n) is 14.0. The molecule has 0 bridgehead atoms. The molecule has 0 aliphatic carbocycles. The second-order valence-corrected chi connectivity index (χ2v) is 6.67. The predicted molar refractivity (Wildman–Crippen MR) is 84.1 cm³/mol. The molecule has 2 rings (SSSR count). The Bertz CT molecular complexity index is 688. The summed E-state index contributed by atoms with van der Waals surface area (Å²) in [5.74, 6) is -0.388. The molecule has 0 aliphatic heterocycles. The van der Waals surface area contributed by atoms with E-state index in [9.17, 15) is 13.6 Å². The van der Waals surface area contributed by atoms with Crippen LogP contribution >= 0.6 is 0 Å². The zero-order valence-corrected chi connectivity index (χ0v) is 14.0. The summed E-state index contributed by atoms with van der Waals surface area (Å²) in [6.45, 7) is 6.06. The van der Waals surface area contributed by atoms with Crippen LogP contribution in [0.1, 0.15) is 50.9 Å². The van der Waals surface area contributed by atoms with E-state index in [0.29, 0.717) is 30.1 Å². The highest BCUT2D eigenvalue weighted by molar-refractivity contribution is 5.75. The lowest BCUT2D eigenvalue weighted by Gasteiger charge is -2.10. The van der Waals surface area contributed by atoms with E-state index in [-0.39, 0.29) is 24.3 Å². The number of amides is 1. The monoisotopic (exact) mass is 337 g/mol. The van der Waals surface area contributed by atoms with Crippen LogP contribution in [0.15, 0.2) is 22.7 Å². The van der Waals surface area contributed by atoms with Gasteiger partial charge in [0.15, 0.2) is 5.82 Å². The first-order chi connectivity index (χ1) is 11.2. The number of nitrogens with one attached hydrogen (secondary N) is 1. The minimum absolute atomic E-state index is 0.0856. The second kappa shape index (κ2) is 7.51. The lowest BCUT2D eigenvalue weighted by atomic mass is 9.96. The molecule has 5 nitrogen and oxygen atoms in total. The summed E-state index contributed by atoms with van der Waals surface area (Å²) >= 11 is 0. The van der Waals surface area contributed by atoms with E-state index >= 15 is 0 Å². The molecule has 7 heteroatoms. The maximum Gasteiger partial charge on any atom is 0.226 e. The number of hydrogen-bond donors (Lipinski definition) is 1. The summed E-state index contributed by atoms with van der Waals surface area (Å²) in [5, 5.41) is 6.55. The fourth-order valence-electron chi connectivity index (χ4n) is 2.06. The van der Waals surface area contributed by atoms with Gasteiger partial charge in [-0.1, -0.05) is 25.9 Å². The Labute approximate surface area is 139 Å². The molecule has 1 aromatic heterocycles. The molecule has 24 heavy (non-hydrogen) atoms. The van der Waals surface area contributed by atoms with Crippen molar-refractivity contribution in [3.05, 3.63) is 47.1 Å². The van der Waals surface area contributed by atoms with Crippen LogP contribution < -0.4 is 5.32 Å². The van der Waals surface area contributed by atoms with Crippen LogP contribution in [0.3, 0.4) is 0 Å². The van der Waals surface area contributed by atoms with Gasteiger partial charge in [-0.2, -0.15) is 4.98 Å². The number of nitrogens with zero attached hydrogens (tertiary/aromatic N) is 2. The van der Waals surface area contributed by atoms with Crippen molar-refractivity contribution in [1.29, 1.82) is 0 Å². The molecule has 0 saturated heterocycles. The number of carbonyl (C=O) groups is 1. The Kier molecular flexibility index (Phi) is 5.64. The first kappa shape index (κ1) is 18.0. The lowest BCUT2D eigenvalue weighted by molar-refractivity contribution is -0.121. The third kappa shape index (κ3) is 5.40. The minimum Gasteiger partial charge on any atom is -0.352 e. The maximum absolute atomic E-state index is 13.1. The Balaban J connectivity index is 1.74. The standard InChI is InChI=1S/C17H21F2N3O2/c1-17(2,3)16-21-15(24-22-16)6-4-5-14(23)20-10-11-7-12(18)9-13(19)8-11/h7-9H,4-6,10H2,1-3H3,(H,20,23). The molecule has 0 radical (unpaired) electrons. The zero-order chi connectivity index (χ0) is 17.7. The fourth-order valence-corrected chi connectivity index (χ4v) is 2.06. The largest absolute Gasteiger partial charge is 0.352 e. The molecule has 0 saturated carbocycles. The molecule has 1 aromatic carbocycles. The molecule has 130 valence electrons. The van der Waals surface area contributed by atoms with Gasteiger partial charge in [0.05, 0.1) is 0 Å². The van der Waals surface area contributed by atoms with Gasteiger partial charge in [0.1, 0.15) is 11.6 Å². The summed E-state index contributed by atoms with van der Waals surface area (Å²) in [5.41, 5.74) is 0.201. The van der Waals surface area contributed by atoms with E-state index in [1.165, 1.54) is 12.1 Å². The van der Waals surface area contributed by atoms with Gasteiger partial charge in [-0.3, -0.25) is 4.79 Å². The molecule has 1 N–H and O–H groups in total. The van der Waals surface area contributed by atoms with Crippen LogP contribution in [0.4, 0.5) is 8.78 Å². The van der Waals surface area contributed by atoms with Gasteiger partial charge in [-0.05, 0) is 24.1 Å². The van der Waals surface area contributed by atoms with E-state index in [0.717, 1.165) is 6.07 Å². The quantitative estimate of drug-likeness (QED) is 0.878. The molecule has 1 amide bonds. The first-order valence-electron chi connectivity index (χ1n) is 7.79. The summed E-state index contributed by atoms with van der Waals surface area (Å²) in [6.07, 6.45) is 1.32. The van der Waals surface area contributed by atoms with Crippen molar-refractivity contribution in [1.82, 2.24) is 15.5 Å². The van der Waals surface area contributed by atoms with Crippen LogP contribution in [-0.2, 0) is 23.2 Å². The van der Waals surface area contributed by atoms with Gasteiger partial charge in [0.2, 0.25) is 11.8 Å². The van der Waals surface area contributed by atoms with Crippen LogP contribution in [0.5, 0.6) is 0 Å². The molecule has 0 aliphatic rings. The number of hydrogen-bond acceptors (Lipinski definition) is 4. The Morgan fingerprint density at radius 2 is 1.88 bits per heavy atom. The summed E-state index contributed by atoms with van der Waals surface area (Å²) < 4.78 is 31.3. The number of benzene rings is 1. The van der Waals surface area contributed by atoms with Gasteiger partial charge in [-0.15, -0.1) is 0 Å². The summed E-state index contributed by atoms with van der Waals surface area (Å²) in [6, 6.07) is 3.17. The van der Waals surface area contributed by atoms with Crippen LogP contribution in [0.2, 0.25) is 0 Å².